The highest BCUT2D eigenvalue weighted by Crippen LogP contribution is 2.23. The smallest absolute Gasteiger partial charge is 0.341 e. The Morgan fingerprint density at radius 1 is 0.938 bits per heavy atom. The summed E-state index contributed by atoms with van der Waals surface area (Å²) in [6.07, 6.45) is 1.46. The van der Waals surface area contributed by atoms with E-state index in [0.29, 0.717) is 32.7 Å². The van der Waals surface area contributed by atoms with Gasteiger partial charge in [-0.1, -0.05) is 29.3 Å². The van der Waals surface area contributed by atoms with Gasteiger partial charge in [0.25, 0.3) is 5.91 Å². The number of hydrogen-bond donors (Lipinski definition) is 2. The van der Waals surface area contributed by atoms with Crippen LogP contribution in [0.4, 0.5) is 0 Å². The Bertz CT molecular complexity index is 1120. The van der Waals surface area contributed by atoms with Gasteiger partial charge in [0.1, 0.15) is 18.1 Å². The number of hydrogen-bond acceptors (Lipinski definition) is 5. The van der Waals surface area contributed by atoms with Crippen molar-refractivity contribution in [1.82, 2.24) is 5.43 Å². The molecule has 0 heterocycles. The molecule has 164 valence electrons. The van der Waals surface area contributed by atoms with Gasteiger partial charge >= 0.3 is 5.97 Å². The van der Waals surface area contributed by atoms with Crippen molar-refractivity contribution in [2.24, 2.45) is 5.10 Å². The Labute approximate surface area is 194 Å². The minimum atomic E-state index is -1.05. The van der Waals surface area contributed by atoms with E-state index >= 15 is 0 Å². The Hall–Kier alpha value is -3.55. The van der Waals surface area contributed by atoms with E-state index in [9.17, 15) is 9.59 Å². The summed E-state index contributed by atoms with van der Waals surface area (Å²) in [6.45, 7) is -0.145. The maximum absolute atomic E-state index is 12.2. The van der Waals surface area contributed by atoms with Gasteiger partial charge in [0.15, 0.2) is 6.61 Å². The van der Waals surface area contributed by atoms with Crippen LogP contribution in [-0.2, 0) is 11.4 Å². The largest absolute Gasteiger partial charge is 0.489 e. The predicted molar refractivity (Wildman–Crippen MR) is 122 cm³/mol. The van der Waals surface area contributed by atoms with Gasteiger partial charge in [-0.3, -0.25) is 4.79 Å². The number of ether oxygens (including phenoxy) is 2. The first kappa shape index (κ1) is 23.1. The summed E-state index contributed by atoms with van der Waals surface area (Å²) in [5.74, 6) is -0.422. The molecule has 0 spiro atoms. The lowest BCUT2D eigenvalue weighted by atomic mass is 10.2. The topological polar surface area (TPSA) is 97.2 Å². The number of carboxylic acids is 1. The van der Waals surface area contributed by atoms with E-state index in [4.69, 9.17) is 37.8 Å². The van der Waals surface area contributed by atoms with Crippen LogP contribution in [0.5, 0.6) is 11.5 Å². The molecular weight excluding hydrogens is 455 g/mol. The number of carbonyl (C=O) groups is 2. The molecule has 0 unspecified atom stereocenters. The number of amides is 1. The van der Waals surface area contributed by atoms with E-state index < -0.39 is 12.6 Å². The van der Waals surface area contributed by atoms with Gasteiger partial charge in [0.2, 0.25) is 0 Å². The van der Waals surface area contributed by atoms with Gasteiger partial charge in [-0.15, -0.1) is 0 Å². The molecule has 0 fully saturated rings. The molecule has 3 aromatic carbocycles. The molecule has 3 aromatic rings. The van der Waals surface area contributed by atoms with Crippen LogP contribution >= 0.6 is 23.2 Å². The van der Waals surface area contributed by atoms with E-state index in [1.165, 1.54) is 6.21 Å². The van der Waals surface area contributed by atoms with Crippen molar-refractivity contribution in [2.45, 2.75) is 6.61 Å². The third kappa shape index (κ3) is 7.01. The normalized spacial score (nSPS) is 10.7. The molecule has 3 rings (SSSR count). The number of halogens is 2. The van der Waals surface area contributed by atoms with Gasteiger partial charge in [0, 0.05) is 21.2 Å². The van der Waals surface area contributed by atoms with Crippen molar-refractivity contribution < 1.29 is 24.2 Å². The fourth-order valence-corrected chi connectivity index (χ4v) is 2.99. The van der Waals surface area contributed by atoms with E-state index in [1.54, 1.807) is 66.7 Å². The maximum atomic E-state index is 12.2. The van der Waals surface area contributed by atoms with Crippen molar-refractivity contribution in [3.63, 3.8) is 0 Å². The van der Waals surface area contributed by atoms with Crippen molar-refractivity contribution in [2.75, 3.05) is 6.61 Å². The van der Waals surface area contributed by atoms with Crippen LogP contribution in [0.2, 0.25) is 10.0 Å². The van der Waals surface area contributed by atoms with Crippen LogP contribution in [0.3, 0.4) is 0 Å². The molecule has 9 heteroatoms. The first-order chi connectivity index (χ1) is 15.4. The molecule has 7 nitrogen and oxygen atoms in total. The Balaban J connectivity index is 1.49. The number of carbonyl (C=O) groups excluding carboxylic acids is 1. The van der Waals surface area contributed by atoms with E-state index in [0.717, 1.165) is 5.56 Å². The molecule has 0 aliphatic rings. The summed E-state index contributed by atoms with van der Waals surface area (Å²) >= 11 is 12.0. The minimum absolute atomic E-state index is 0.270. The second-order valence-corrected chi connectivity index (χ2v) is 7.34. The number of nitrogens with one attached hydrogen (secondary N) is 1. The van der Waals surface area contributed by atoms with Crippen LogP contribution in [0.15, 0.2) is 71.8 Å². The quantitative estimate of drug-likeness (QED) is 0.344. The highest BCUT2D eigenvalue weighted by atomic mass is 35.5. The fourth-order valence-electron chi connectivity index (χ4n) is 2.53. The average molecular weight is 473 g/mol. The summed E-state index contributed by atoms with van der Waals surface area (Å²) in [7, 11) is 0. The zero-order valence-electron chi connectivity index (χ0n) is 16.6. The third-order valence-electron chi connectivity index (χ3n) is 4.15. The number of aliphatic carboxylic acids is 1. The molecular formula is C23H18Cl2N2O5. The molecule has 32 heavy (non-hydrogen) atoms. The van der Waals surface area contributed by atoms with Crippen LogP contribution < -0.4 is 14.9 Å². The summed E-state index contributed by atoms with van der Waals surface area (Å²) in [5.41, 5.74) is 4.36. The minimum Gasteiger partial charge on any atom is -0.489 e. The molecule has 0 radical (unpaired) electrons. The standard InChI is InChI=1S/C23H18Cl2N2O5/c24-18-6-3-17(21(25)11-18)13-31-20-9-4-16(5-10-20)23(30)27-26-12-15-1-7-19(8-2-15)32-14-22(28)29/h1-12H,13-14H2,(H,27,30)(H,28,29)/b26-12-. The zero-order chi connectivity index (χ0) is 22.9. The average Bonchev–Trinajstić information content (AvgIpc) is 2.78. The summed E-state index contributed by atoms with van der Waals surface area (Å²) < 4.78 is 10.7. The van der Waals surface area contributed by atoms with Crippen molar-refractivity contribution in [1.29, 1.82) is 0 Å². The molecule has 0 saturated heterocycles. The second-order valence-electron chi connectivity index (χ2n) is 6.50. The first-order valence-corrected chi connectivity index (χ1v) is 10.1. The van der Waals surface area contributed by atoms with Gasteiger partial charge in [-0.25, -0.2) is 10.2 Å². The number of benzene rings is 3. The van der Waals surface area contributed by atoms with Crippen LogP contribution in [-0.4, -0.2) is 29.8 Å². The van der Waals surface area contributed by atoms with Crippen molar-refractivity contribution >= 4 is 41.3 Å². The number of hydrazone groups is 1. The molecule has 0 aliphatic heterocycles. The lowest BCUT2D eigenvalue weighted by molar-refractivity contribution is -0.139. The first-order valence-electron chi connectivity index (χ1n) is 9.35. The fraction of sp³-hybridized carbons (Fsp3) is 0.0870. The molecule has 0 aliphatic carbocycles. The number of rotatable bonds is 9. The number of nitrogens with zero attached hydrogens (tertiary/aromatic N) is 1. The zero-order valence-corrected chi connectivity index (χ0v) is 18.1. The Kier molecular flexibility index (Phi) is 8.08. The lowest BCUT2D eigenvalue weighted by Crippen LogP contribution is -2.17. The van der Waals surface area contributed by atoms with E-state index in [1.807, 2.05) is 0 Å². The molecule has 0 bridgehead atoms. The molecule has 0 atom stereocenters. The predicted octanol–water partition coefficient (Wildman–Crippen LogP) is 4.80. The van der Waals surface area contributed by atoms with Crippen LogP contribution in [0.25, 0.3) is 0 Å². The number of carboxylic acid groups (broad SMARTS) is 1. The SMILES string of the molecule is O=C(O)COc1ccc(/C=N\NC(=O)c2ccc(OCc3ccc(Cl)cc3Cl)cc2)cc1. The van der Waals surface area contributed by atoms with Crippen molar-refractivity contribution in [3.05, 3.63) is 93.5 Å². The van der Waals surface area contributed by atoms with Crippen LogP contribution in [0, 0.1) is 0 Å². The summed E-state index contributed by atoms with van der Waals surface area (Å²) in [5, 5.41) is 13.6. The highest BCUT2D eigenvalue weighted by Gasteiger charge is 2.06. The lowest BCUT2D eigenvalue weighted by Gasteiger charge is -2.08. The summed E-state index contributed by atoms with van der Waals surface area (Å²) in [4.78, 5) is 22.7. The van der Waals surface area contributed by atoms with E-state index in [-0.39, 0.29) is 12.5 Å². The van der Waals surface area contributed by atoms with Gasteiger partial charge in [-0.05, 0) is 66.2 Å². The molecule has 1 amide bonds. The highest BCUT2D eigenvalue weighted by molar-refractivity contribution is 6.35. The van der Waals surface area contributed by atoms with Gasteiger partial charge in [0.05, 0.1) is 6.21 Å². The molecule has 0 aromatic heterocycles. The van der Waals surface area contributed by atoms with Gasteiger partial charge < -0.3 is 14.6 Å². The van der Waals surface area contributed by atoms with Gasteiger partial charge in [-0.2, -0.15) is 5.10 Å². The molecule has 0 saturated carbocycles. The Morgan fingerprint density at radius 3 is 2.25 bits per heavy atom. The monoisotopic (exact) mass is 472 g/mol. The maximum Gasteiger partial charge on any atom is 0.341 e. The van der Waals surface area contributed by atoms with Crippen LogP contribution in [0.1, 0.15) is 21.5 Å². The summed E-state index contributed by atoms with van der Waals surface area (Å²) in [6, 6.07) is 18.4. The Morgan fingerprint density at radius 2 is 1.59 bits per heavy atom. The third-order valence-corrected chi connectivity index (χ3v) is 4.74. The molecule has 2 N–H and O–H groups in total. The van der Waals surface area contributed by atoms with E-state index in [2.05, 4.69) is 10.5 Å². The van der Waals surface area contributed by atoms with Crippen molar-refractivity contribution in [3.8, 4) is 11.5 Å². The second kappa shape index (κ2) is 11.2.